The van der Waals surface area contributed by atoms with Crippen molar-refractivity contribution in [2.75, 3.05) is 27.2 Å². The van der Waals surface area contributed by atoms with Crippen LogP contribution in [0.3, 0.4) is 0 Å². The molecule has 2 aromatic rings. The number of fused-ring (bicyclic) bond motifs is 1. The summed E-state index contributed by atoms with van der Waals surface area (Å²) in [6, 6.07) is 7.24. The average Bonchev–Trinajstić information content (AvgIpc) is 3.25. The first-order valence-corrected chi connectivity index (χ1v) is 11.6. The maximum Gasteiger partial charge on any atom is 0.410 e. The molecule has 2 N–H and O–H groups in total. The molecule has 1 saturated heterocycles. The van der Waals surface area contributed by atoms with Gasteiger partial charge in [0.1, 0.15) is 6.61 Å². The van der Waals surface area contributed by atoms with Crippen LogP contribution < -0.4 is 10.5 Å². The van der Waals surface area contributed by atoms with E-state index >= 15 is 0 Å². The first kappa shape index (κ1) is 22.2. The molecule has 1 fully saturated rings. The second-order valence-electron chi connectivity index (χ2n) is 7.87. The Morgan fingerprint density at radius 1 is 1.40 bits per heavy atom. The molecule has 1 atom stereocenters. The number of sulfonamides is 1. The minimum Gasteiger partial charge on any atom is -0.487 e. The van der Waals surface area contributed by atoms with Crippen molar-refractivity contribution in [1.29, 1.82) is 0 Å². The summed E-state index contributed by atoms with van der Waals surface area (Å²) in [5.41, 5.74) is 5.35. The zero-order chi connectivity index (χ0) is 22.3. The first-order chi connectivity index (χ1) is 14.0. The highest BCUT2D eigenvalue weighted by Crippen LogP contribution is 2.42. The van der Waals surface area contributed by atoms with Crippen molar-refractivity contribution >= 4 is 43.5 Å². The zero-order valence-electron chi connectivity index (χ0n) is 17.6. The zero-order valence-corrected chi connectivity index (χ0v) is 19.2. The Balaban J connectivity index is 1.93. The Morgan fingerprint density at radius 2 is 2.07 bits per heavy atom. The number of aliphatic imine (C=N–C) groups is 1. The van der Waals surface area contributed by atoms with Gasteiger partial charge in [-0.25, -0.2) is 9.10 Å². The number of guanidine groups is 1. The molecular formula is C19H26N4O5S2. The highest BCUT2D eigenvalue weighted by Gasteiger charge is 2.39. The summed E-state index contributed by atoms with van der Waals surface area (Å²) >= 11 is 1.09. The molecule has 164 valence electrons. The third-order valence-electron chi connectivity index (χ3n) is 4.76. The fraction of sp³-hybridized carbons (Fsp3) is 0.474. The van der Waals surface area contributed by atoms with Gasteiger partial charge in [0, 0.05) is 29.7 Å². The van der Waals surface area contributed by atoms with E-state index in [2.05, 4.69) is 4.99 Å². The van der Waals surface area contributed by atoms with E-state index in [1.165, 1.54) is 14.1 Å². The molecule has 1 aromatic heterocycles. The smallest absolute Gasteiger partial charge is 0.410 e. The number of hydrogen-bond donors (Lipinski definition) is 1. The third-order valence-corrected chi connectivity index (χ3v) is 8.15. The lowest BCUT2D eigenvalue weighted by atomic mass is 10.1. The number of hydrogen-bond acceptors (Lipinski definition) is 7. The van der Waals surface area contributed by atoms with Gasteiger partial charge in [-0.3, -0.25) is 9.89 Å². The minimum absolute atomic E-state index is 0.0230. The van der Waals surface area contributed by atoms with Crippen molar-refractivity contribution in [3.8, 4) is 5.75 Å². The quantitative estimate of drug-likeness (QED) is 0.548. The SMILES string of the molecule is CN=C(N)N(C)S(=O)(=O)c1sc2ccccc2c1OC[C@@H]1CN(C(C)(C)C)C(=O)O1. The van der Waals surface area contributed by atoms with Gasteiger partial charge in [-0.05, 0) is 32.9 Å². The Labute approximate surface area is 180 Å². The third kappa shape index (κ3) is 4.04. The van der Waals surface area contributed by atoms with Crippen molar-refractivity contribution in [1.82, 2.24) is 9.21 Å². The Bertz CT molecular complexity index is 1090. The molecule has 1 amide bonds. The van der Waals surface area contributed by atoms with Gasteiger partial charge in [0.15, 0.2) is 16.1 Å². The molecule has 0 bridgehead atoms. The molecular weight excluding hydrogens is 428 g/mol. The molecule has 11 heteroatoms. The van der Waals surface area contributed by atoms with Crippen LogP contribution in [0.5, 0.6) is 5.75 Å². The number of rotatable bonds is 5. The van der Waals surface area contributed by atoms with Crippen LogP contribution in [-0.2, 0) is 14.8 Å². The molecule has 2 heterocycles. The molecule has 1 aliphatic rings. The number of carbonyl (C=O) groups is 1. The normalized spacial score (nSPS) is 18.0. The Morgan fingerprint density at radius 3 is 2.67 bits per heavy atom. The van der Waals surface area contributed by atoms with E-state index in [-0.39, 0.29) is 28.1 Å². The number of amides is 1. The molecule has 0 spiro atoms. The van der Waals surface area contributed by atoms with Crippen molar-refractivity contribution in [2.24, 2.45) is 10.7 Å². The molecule has 9 nitrogen and oxygen atoms in total. The van der Waals surface area contributed by atoms with E-state index in [1.807, 2.05) is 32.9 Å². The number of carbonyl (C=O) groups excluding carboxylic acids is 1. The summed E-state index contributed by atoms with van der Waals surface area (Å²) in [6.07, 6.45) is -0.920. The number of thiophene rings is 1. The van der Waals surface area contributed by atoms with Gasteiger partial charge in [0.25, 0.3) is 10.0 Å². The van der Waals surface area contributed by atoms with Crippen LogP contribution in [0.1, 0.15) is 20.8 Å². The summed E-state index contributed by atoms with van der Waals surface area (Å²) < 4.78 is 39.4. The number of nitrogens with zero attached hydrogens (tertiary/aromatic N) is 3. The van der Waals surface area contributed by atoms with Crippen molar-refractivity contribution < 1.29 is 22.7 Å². The van der Waals surface area contributed by atoms with Gasteiger partial charge in [0.2, 0.25) is 5.96 Å². The average molecular weight is 455 g/mol. The Kier molecular flexibility index (Phi) is 5.87. The first-order valence-electron chi connectivity index (χ1n) is 9.30. The summed E-state index contributed by atoms with van der Waals surface area (Å²) in [6.45, 7) is 6.16. The molecule has 30 heavy (non-hydrogen) atoms. The van der Waals surface area contributed by atoms with Crippen LogP contribution in [0.4, 0.5) is 4.79 Å². The van der Waals surface area contributed by atoms with Crippen molar-refractivity contribution in [3.63, 3.8) is 0 Å². The van der Waals surface area contributed by atoms with Crippen LogP contribution in [0.15, 0.2) is 33.5 Å². The predicted octanol–water partition coefficient (Wildman–Crippen LogP) is 2.46. The molecule has 0 aliphatic carbocycles. The molecule has 1 aliphatic heterocycles. The summed E-state index contributed by atoms with van der Waals surface area (Å²) in [7, 11) is -1.23. The molecule has 0 unspecified atom stereocenters. The summed E-state index contributed by atoms with van der Waals surface area (Å²) in [5, 5.41) is 0.665. The monoisotopic (exact) mass is 454 g/mol. The van der Waals surface area contributed by atoms with E-state index in [4.69, 9.17) is 15.2 Å². The highest BCUT2D eigenvalue weighted by molar-refractivity contribution is 7.92. The van der Waals surface area contributed by atoms with E-state index in [9.17, 15) is 13.2 Å². The minimum atomic E-state index is -3.98. The Hall–Kier alpha value is -2.53. The number of benzene rings is 1. The largest absolute Gasteiger partial charge is 0.487 e. The lowest BCUT2D eigenvalue weighted by molar-refractivity contribution is 0.0991. The second kappa shape index (κ2) is 7.95. The molecule has 0 saturated carbocycles. The summed E-state index contributed by atoms with van der Waals surface area (Å²) in [4.78, 5) is 17.5. The fourth-order valence-corrected chi connectivity index (χ4v) is 5.91. The maximum atomic E-state index is 13.2. The van der Waals surface area contributed by atoms with Gasteiger partial charge in [-0.1, -0.05) is 12.1 Å². The standard InChI is InChI=1S/C19H26N4O5S2/c1-19(2,3)23-10-12(28-18(23)24)11-27-15-13-8-6-7-9-14(13)29-16(15)30(25,26)22(5)17(20)21-4/h6-9,12H,10-11H2,1-5H3,(H2,20,21)/t12-/m0/s1. The lowest BCUT2D eigenvalue weighted by Crippen LogP contribution is -2.42. The maximum absolute atomic E-state index is 13.2. The van der Waals surface area contributed by atoms with Gasteiger partial charge < -0.3 is 15.2 Å². The van der Waals surface area contributed by atoms with Crippen molar-refractivity contribution in [2.45, 2.75) is 36.6 Å². The van der Waals surface area contributed by atoms with Crippen LogP contribution >= 0.6 is 11.3 Å². The topological polar surface area (TPSA) is 115 Å². The molecule has 3 rings (SSSR count). The summed E-state index contributed by atoms with van der Waals surface area (Å²) in [5.74, 6) is 0.0839. The highest BCUT2D eigenvalue weighted by atomic mass is 32.2. The van der Waals surface area contributed by atoms with Crippen LogP contribution in [0, 0.1) is 0 Å². The van der Waals surface area contributed by atoms with Gasteiger partial charge in [-0.2, -0.15) is 8.42 Å². The van der Waals surface area contributed by atoms with E-state index in [0.29, 0.717) is 11.9 Å². The van der Waals surface area contributed by atoms with Gasteiger partial charge >= 0.3 is 6.09 Å². The lowest BCUT2D eigenvalue weighted by Gasteiger charge is -2.29. The predicted molar refractivity (Wildman–Crippen MR) is 117 cm³/mol. The van der Waals surface area contributed by atoms with Crippen molar-refractivity contribution in [3.05, 3.63) is 24.3 Å². The van der Waals surface area contributed by atoms with E-state index < -0.39 is 22.2 Å². The van der Waals surface area contributed by atoms with Crippen LogP contribution in [0.25, 0.3) is 10.1 Å². The number of ether oxygens (including phenoxy) is 2. The van der Waals surface area contributed by atoms with Gasteiger partial charge in [0.05, 0.1) is 6.54 Å². The van der Waals surface area contributed by atoms with E-state index in [1.54, 1.807) is 17.0 Å². The fourth-order valence-electron chi connectivity index (χ4n) is 3.03. The van der Waals surface area contributed by atoms with Gasteiger partial charge in [-0.15, -0.1) is 11.3 Å². The van der Waals surface area contributed by atoms with Crippen LogP contribution in [0.2, 0.25) is 0 Å². The second-order valence-corrected chi connectivity index (χ2v) is 11.1. The number of nitrogens with two attached hydrogens (primary N) is 1. The molecule has 0 radical (unpaired) electrons. The van der Waals surface area contributed by atoms with E-state index in [0.717, 1.165) is 20.3 Å². The number of cyclic esters (lactones) is 1. The van der Waals surface area contributed by atoms with Crippen LogP contribution in [-0.4, -0.2) is 68.6 Å². The molecule has 1 aromatic carbocycles.